The van der Waals surface area contributed by atoms with Crippen LogP contribution in [0.5, 0.6) is 0 Å². The first-order valence-corrected chi connectivity index (χ1v) is 10.2. The van der Waals surface area contributed by atoms with Crippen LogP contribution in [-0.4, -0.2) is 49.0 Å². The summed E-state index contributed by atoms with van der Waals surface area (Å²) < 4.78 is 5.08. The SMILES string of the molecule is COCCC(=O)N1CCC2(C1)NCc1ccccc1NC2=NCc1ccccc1. The summed E-state index contributed by atoms with van der Waals surface area (Å²) in [6.45, 7) is 3.14. The van der Waals surface area contributed by atoms with E-state index in [0.29, 0.717) is 26.1 Å². The lowest BCUT2D eigenvalue weighted by atomic mass is 9.96. The quantitative estimate of drug-likeness (QED) is 0.821. The van der Waals surface area contributed by atoms with E-state index in [1.54, 1.807) is 7.11 Å². The van der Waals surface area contributed by atoms with Crippen LogP contribution in [0.3, 0.4) is 0 Å². The number of rotatable bonds is 5. The Kier molecular flexibility index (Phi) is 5.92. The Labute approximate surface area is 172 Å². The fraction of sp³-hybridized carbons (Fsp3) is 0.391. The molecular formula is C23H28N4O2. The number of carbonyl (C=O) groups is 1. The standard InChI is InChI=1S/C23H28N4O2/c1-29-14-11-21(28)27-13-12-23(17-27)22(24-15-18-7-3-2-4-8-18)26-20-10-6-5-9-19(20)16-25-23/h2-10,25H,11-17H2,1H3,(H,24,26). The van der Waals surface area contributed by atoms with Crippen LogP contribution in [0.15, 0.2) is 59.6 Å². The third kappa shape index (κ3) is 4.33. The number of likely N-dealkylation sites (tertiary alicyclic amines) is 1. The number of methoxy groups -OCH3 is 1. The number of nitrogens with zero attached hydrogens (tertiary/aromatic N) is 2. The van der Waals surface area contributed by atoms with Gasteiger partial charge in [0.1, 0.15) is 5.84 Å². The van der Waals surface area contributed by atoms with Gasteiger partial charge in [0.05, 0.1) is 25.1 Å². The van der Waals surface area contributed by atoms with Crippen molar-refractivity contribution in [3.05, 3.63) is 65.7 Å². The zero-order valence-electron chi connectivity index (χ0n) is 16.9. The normalized spacial score (nSPS) is 22.4. The van der Waals surface area contributed by atoms with Gasteiger partial charge in [0.25, 0.3) is 0 Å². The molecule has 2 heterocycles. The lowest BCUT2D eigenvalue weighted by Gasteiger charge is -2.30. The van der Waals surface area contributed by atoms with Crippen molar-refractivity contribution < 1.29 is 9.53 Å². The maximum absolute atomic E-state index is 12.6. The number of amides is 1. The molecule has 0 aliphatic carbocycles. The van der Waals surface area contributed by atoms with Gasteiger partial charge in [-0.25, -0.2) is 0 Å². The van der Waals surface area contributed by atoms with Crippen molar-refractivity contribution in [2.45, 2.75) is 31.5 Å². The lowest BCUT2D eigenvalue weighted by Crippen LogP contribution is -2.55. The number of benzene rings is 2. The van der Waals surface area contributed by atoms with Gasteiger partial charge in [-0.05, 0) is 23.6 Å². The summed E-state index contributed by atoms with van der Waals surface area (Å²) in [5, 5.41) is 7.31. The lowest BCUT2D eigenvalue weighted by molar-refractivity contribution is -0.131. The predicted octanol–water partition coefficient (Wildman–Crippen LogP) is 2.81. The van der Waals surface area contributed by atoms with E-state index in [1.165, 1.54) is 11.1 Å². The van der Waals surface area contributed by atoms with E-state index in [1.807, 2.05) is 29.2 Å². The molecule has 1 atom stereocenters. The van der Waals surface area contributed by atoms with Crippen LogP contribution in [0, 0.1) is 0 Å². The van der Waals surface area contributed by atoms with E-state index >= 15 is 0 Å². The largest absolute Gasteiger partial charge is 0.384 e. The third-order valence-corrected chi connectivity index (χ3v) is 5.75. The van der Waals surface area contributed by atoms with Gasteiger partial charge in [-0.2, -0.15) is 0 Å². The molecule has 6 nitrogen and oxygen atoms in total. The number of ether oxygens (including phenoxy) is 1. The zero-order valence-corrected chi connectivity index (χ0v) is 16.9. The monoisotopic (exact) mass is 392 g/mol. The fourth-order valence-corrected chi connectivity index (χ4v) is 4.04. The number of anilines is 1. The summed E-state index contributed by atoms with van der Waals surface area (Å²) in [6.07, 6.45) is 1.25. The minimum absolute atomic E-state index is 0.134. The average molecular weight is 393 g/mol. The molecule has 1 amide bonds. The minimum Gasteiger partial charge on any atom is -0.384 e. The number of para-hydroxylation sites is 1. The second kappa shape index (κ2) is 8.76. The Morgan fingerprint density at radius 3 is 2.79 bits per heavy atom. The topological polar surface area (TPSA) is 66.0 Å². The number of hydrogen-bond acceptors (Lipinski definition) is 4. The minimum atomic E-state index is -0.365. The molecule has 6 heteroatoms. The third-order valence-electron chi connectivity index (χ3n) is 5.75. The first-order chi connectivity index (χ1) is 14.2. The second-order valence-corrected chi connectivity index (χ2v) is 7.68. The van der Waals surface area contributed by atoms with E-state index in [2.05, 4.69) is 41.0 Å². The summed E-state index contributed by atoms with van der Waals surface area (Å²) in [5.41, 5.74) is 3.09. The Morgan fingerprint density at radius 2 is 1.97 bits per heavy atom. The van der Waals surface area contributed by atoms with E-state index in [4.69, 9.17) is 9.73 Å². The highest BCUT2D eigenvalue weighted by atomic mass is 16.5. The van der Waals surface area contributed by atoms with Gasteiger partial charge < -0.3 is 15.0 Å². The van der Waals surface area contributed by atoms with Crippen LogP contribution in [0.4, 0.5) is 5.69 Å². The smallest absolute Gasteiger partial charge is 0.224 e. The highest BCUT2D eigenvalue weighted by Gasteiger charge is 2.45. The summed E-state index contributed by atoms with van der Waals surface area (Å²) in [5.74, 6) is 1.04. The molecule has 0 aromatic heterocycles. The predicted molar refractivity (Wildman–Crippen MR) is 115 cm³/mol. The molecule has 2 aliphatic heterocycles. The van der Waals surface area contributed by atoms with Gasteiger partial charge in [-0.3, -0.25) is 15.1 Å². The Hall–Kier alpha value is -2.70. The molecule has 2 aliphatic rings. The van der Waals surface area contributed by atoms with Gasteiger partial charge in [0.2, 0.25) is 5.91 Å². The highest BCUT2D eigenvalue weighted by molar-refractivity contribution is 6.04. The van der Waals surface area contributed by atoms with Gasteiger partial charge in [-0.1, -0.05) is 48.5 Å². The molecule has 1 fully saturated rings. The number of fused-ring (bicyclic) bond motifs is 1. The van der Waals surface area contributed by atoms with Crippen LogP contribution < -0.4 is 10.6 Å². The first kappa shape index (κ1) is 19.6. The molecule has 29 heavy (non-hydrogen) atoms. The van der Waals surface area contributed by atoms with E-state index in [0.717, 1.165) is 31.0 Å². The summed E-state index contributed by atoms with van der Waals surface area (Å²) in [7, 11) is 1.63. The van der Waals surface area contributed by atoms with Crippen LogP contribution in [0.1, 0.15) is 24.0 Å². The van der Waals surface area contributed by atoms with Gasteiger partial charge in [0, 0.05) is 32.4 Å². The molecule has 1 spiro atoms. The van der Waals surface area contributed by atoms with Crippen LogP contribution in [0.2, 0.25) is 0 Å². The molecule has 4 rings (SSSR count). The van der Waals surface area contributed by atoms with E-state index in [9.17, 15) is 4.79 Å². The molecule has 2 aromatic rings. The summed E-state index contributed by atoms with van der Waals surface area (Å²) >= 11 is 0. The maximum Gasteiger partial charge on any atom is 0.224 e. The van der Waals surface area contributed by atoms with Crippen molar-refractivity contribution in [1.29, 1.82) is 0 Å². The molecule has 0 saturated carbocycles. The van der Waals surface area contributed by atoms with Crippen molar-refractivity contribution in [1.82, 2.24) is 10.2 Å². The van der Waals surface area contributed by atoms with Crippen molar-refractivity contribution in [3.63, 3.8) is 0 Å². The molecule has 2 N–H and O–H groups in total. The van der Waals surface area contributed by atoms with Crippen LogP contribution >= 0.6 is 0 Å². The Morgan fingerprint density at radius 1 is 1.17 bits per heavy atom. The molecule has 2 aromatic carbocycles. The van der Waals surface area contributed by atoms with E-state index in [-0.39, 0.29) is 11.4 Å². The second-order valence-electron chi connectivity index (χ2n) is 7.68. The van der Waals surface area contributed by atoms with Crippen molar-refractivity contribution in [3.8, 4) is 0 Å². The molecular weight excluding hydrogens is 364 g/mol. The average Bonchev–Trinajstić information content (AvgIpc) is 3.13. The highest BCUT2D eigenvalue weighted by Crippen LogP contribution is 2.30. The molecule has 0 radical (unpaired) electrons. The van der Waals surface area contributed by atoms with Gasteiger partial charge >= 0.3 is 0 Å². The molecule has 1 unspecified atom stereocenters. The van der Waals surface area contributed by atoms with Crippen LogP contribution in [0.25, 0.3) is 0 Å². The maximum atomic E-state index is 12.6. The van der Waals surface area contributed by atoms with E-state index < -0.39 is 0 Å². The molecule has 1 saturated heterocycles. The number of nitrogens with one attached hydrogen (secondary N) is 2. The van der Waals surface area contributed by atoms with Gasteiger partial charge in [0.15, 0.2) is 0 Å². The first-order valence-electron chi connectivity index (χ1n) is 10.2. The fourth-order valence-electron chi connectivity index (χ4n) is 4.04. The van der Waals surface area contributed by atoms with Crippen molar-refractivity contribution in [2.24, 2.45) is 4.99 Å². The number of amidine groups is 1. The van der Waals surface area contributed by atoms with Gasteiger partial charge in [-0.15, -0.1) is 0 Å². The number of aliphatic imine (C=N–C) groups is 1. The van der Waals surface area contributed by atoms with Crippen LogP contribution in [-0.2, 0) is 22.6 Å². The van der Waals surface area contributed by atoms with Crippen molar-refractivity contribution >= 4 is 17.4 Å². The zero-order chi connectivity index (χ0) is 20.1. The molecule has 0 bridgehead atoms. The number of carbonyl (C=O) groups excluding carboxylic acids is 1. The Bertz CT molecular complexity index is 883. The van der Waals surface area contributed by atoms with Crippen molar-refractivity contribution in [2.75, 3.05) is 32.1 Å². The number of hydrogen-bond donors (Lipinski definition) is 2. The summed E-state index contributed by atoms with van der Waals surface area (Å²) in [4.78, 5) is 19.5. The molecule has 152 valence electrons. The summed E-state index contributed by atoms with van der Waals surface area (Å²) in [6, 6.07) is 18.6. The Balaban J connectivity index is 1.61.